The van der Waals surface area contributed by atoms with Gasteiger partial charge in [0, 0.05) is 0 Å². The zero-order chi connectivity index (χ0) is 15.3. The van der Waals surface area contributed by atoms with E-state index in [1.807, 2.05) is 0 Å². The smallest absolute Gasteiger partial charge is 0.292 e. The molecule has 0 aromatic heterocycles. The Hall–Kier alpha value is -0.120. The summed E-state index contributed by atoms with van der Waals surface area (Å²) in [5.74, 6) is 1.97. The van der Waals surface area contributed by atoms with Crippen molar-refractivity contribution in [2.24, 2.45) is 5.16 Å². The van der Waals surface area contributed by atoms with E-state index in [1.165, 1.54) is 38.5 Å². The molecule has 0 amide bonds. The molecule has 7 heteroatoms. The van der Waals surface area contributed by atoms with Gasteiger partial charge in [-0.1, -0.05) is 52.4 Å². The van der Waals surface area contributed by atoms with Crippen molar-refractivity contribution >= 4 is 23.5 Å². The molecular weight excluding hydrogens is 297 g/mol. The van der Waals surface area contributed by atoms with Crippen LogP contribution in [0, 0.1) is 0 Å². The number of hydrogen-bond acceptors (Lipinski definition) is 3. The van der Waals surface area contributed by atoms with Gasteiger partial charge in [-0.2, -0.15) is 0 Å². The van der Waals surface area contributed by atoms with Crippen LogP contribution < -0.4 is 0 Å². The number of hydrogen-bond donors (Lipinski definition) is 2. The van der Waals surface area contributed by atoms with Crippen LogP contribution in [0.5, 0.6) is 0 Å². The van der Waals surface area contributed by atoms with Gasteiger partial charge in [-0.25, -0.2) is 4.57 Å². The lowest BCUT2D eigenvalue weighted by Gasteiger charge is -2.06. The highest BCUT2D eigenvalue weighted by Crippen LogP contribution is 2.35. The average molecular weight is 325 g/mol. The predicted octanol–water partition coefficient (Wildman–Crippen LogP) is 4.35. The minimum atomic E-state index is -4.52. The molecule has 0 atom stereocenters. The summed E-state index contributed by atoms with van der Waals surface area (Å²) in [5.41, 5.74) is 0. The van der Waals surface area contributed by atoms with Crippen LogP contribution in [0.1, 0.15) is 65.2 Å². The Morgan fingerprint density at radius 2 is 1.50 bits per heavy atom. The zero-order valence-corrected chi connectivity index (χ0v) is 14.3. The Morgan fingerprint density at radius 1 is 1.00 bits per heavy atom. The van der Waals surface area contributed by atoms with Crippen LogP contribution in [-0.4, -0.2) is 26.5 Å². The Balaban J connectivity index is 4.29. The number of isothiocyanates is 1. The third-order valence-corrected chi connectivity index (χ3v) is 4.99. The van der Waals surface area contributed by atoms with Crippen molar-refractivity contribution in [2.45, 2.75) is 65.2 Å². The highest BCUT2D eigenvalue weighted by atomic mass is 32.2. The molecule has 0 aliphatic heterocycles. The first-order chi connectivity index (χ1) is 9.49. The molecule has 0 fully saturated rings. The van der Waals surface area contributed by atoms with E-state index < -0.39 is 7.82 Å². The van der Waals surface area contributed by atoms with Gasteiger partial charge in [0.05, 0.1) is 5.16 Å². The van der Waals surface area contributed by atoms with Gasteiger partial charge in [-0.3, -0.25) is 14.4 Å². The van der Waals surface area contributed by atoms with Crippen molar-refractivity contribution in [3.63, 3.8) is 0 Å². The van der Waals surface area contributed by atoms with Gasteiger partial charge in [0.1, 0.15) is 0 Å². The molecule has 0 aliphatic carbocycles. The molecule has 0 radical (unpaired) electrons. The van der Waals surface area contributed by atoms with Crippen LogP contribution in [0.3, 0.4) is 0 Å². The van der Waals surface area contributed by atoms with Gasteiger partial charge >= 0.3 is 7.82 Å². The molecule has 0 rings (SSSR count). The fourth-order valence-electron chi connectivity index (χ4n) is 1.72. The topological polar surface area (TPSA) is 79.1 Å². The predicted molar refractivity (Wildman–Crippen MR) is 86.2 cm³/mol. The summed E-state index contributed by atoms with van der Waals surface area (Å²) in [6, 6.07) is 0. The zero-order valence-electron chi connectivity index (χ0n) is 12.6. The lowest BCUT2D eigenvalue weighted by atomic mass is 10.2. The quantitative estimate of drug-likeness (QED) is 0.184. The number of nitrogens with zero attached hydrogens (tertiary/aromatic N) is 1. The van der Waals surface area contributed by atoms with E-state index in [1.54, 1.807) is 0 Å². The third-order valence-electron chi connectivity index (χ3n) is 2.80. The van der Waals surface area contributed by atoms with Crippen molar-refractivity contribution < 1.29 is 19.0 Å². The van der Waals surface area contributed by atoms with E-state index in [9.17, 15) is 4.57 Å². The molecule has 0 spiro atoms. The van der Waals surface area contributed by atoms with E-state index in [2.05, 4.69) is 28.8 Å². The summed E-state index contributed by atoms with van der Waals surface area (Å²) in [7, 11) is -4.67. The molecule has 20 heavy (non-hydrogen) atoms. The maximum Gasteiger partial charge on any atom is 0.545 e. The molecule has 0 saturated heterocycles. The summed E-state index contributed by atoms with van der Waals surface area (Å²) >= 11 is 0. The number of unbranched alkanes of at least 4 members (excludes halogenated alkanes) is 6. The Morgan fingerprint density at radius 3 is 1.90 bits per heavy atom. The molecular formula is C13H28NO4PS. The van der Waals surface area contributed by atoms with Gasteiger partial charge in [0.15, 0.2) is 0 Å². The summed E-state index contributed by atoms with van der Waals surface area (Å²) in [4.78, 5) is 17.2. The normalized spacial score (nSPS) is 11.4. The van der Waals surface area contributed by atoms with Crippen molar-refractivity contribution in [1.82, 2.24) is 0 Å². The number of rotatable bonds is 12. The molecule has 5 nitrogen and oxygen atoms in total. The van der Waals surface area contributed by atoms with Crippen LogP contribution >= 0.6 is 18.3 Å². The van der Waals surface area contributed by atoms with Crippen molar-refractivity contribution in [3.8, 4) is 0 Å². The van der Waals surface area contributed by atoms with E-state index in [4.69, 9.17) is 9.79 Å². The summed E-state index contributed by atoms with van der Waals surface area (Å²) in [5, 5.41) is 6.11. The fraction of sp³-hybridized carbons (Fsp3) is 0.923. The molecule has 0 aromatic carbocycles. The lowest BCUT2D eigenvalue weighted by Crippen LogP contribution is -1.91. The molecule has 0 heterocycles. The molecule has 0 bridgehead atoms. The Bertz CT molecular complexity index is 336. The second-order valence-corrected chi connectivity index (χ2v) is 7.91. The molecule has 0 aromatic rings. The molecule has 0 saturated carbocycles. The Labute approximate surface area is 125 Å². The van der Waals surface area contributed by atoms with E-state index in [-0.39, 0.29) is 10.5 Å². The first-order valence-electron chi connectivity index (χ1n) is 7.37. The number of phosphoric acid groups is 1. The van der Waals surface area contributed by atoms with Gasteiger partial charge in [0.25, 0.3) is 0 Å². The maximum absolute atomic E-state index is 10.6. The van der Waals surface area contributed by atoms with E-state index in [0.29, 0.717) is 0 Å². The van der Waals surface area contributed by atoms with Crippen LogP contribution in [0.4, 0.5) is 0 Å². The fourth-order valence-corrected chi connectivity index (χ4v) is 3.56. The van der Waals surface area contributed by atoms with Crippen molar-refractivity contribution in [3.05, 3.63) is 0 Å². The first-order valence-corrected chi connectivity index (χ1v) is 10.5. The monoisotopic (exact) mass is 325 g/mol. The van der Waals surface area contributed by atoms with Crippen LogP contribution in [0.25, 0.3) is 0 Å². The standard InChI is InChI=1S/C13H28NO4PS/c1-3-5-7-9-11-20(12-10-8-6-4-2)13-14-18-19(15,16)17/h3-12H2,1-2H3,(H2,15,16,17). The summed E-state index contributed by atoms with van der Waals surface area (Å²) in [6.07, 6.45) is 9.46. The SMILES string of the molecule is CCCCCCS(=C=NOP(=O)(O)O)CCCCCC. The molecule has 2 N–H and O–H groups in total. The van der Waals surface area contributed by atoms with Gasteiger partial charge in [-0.05, 0) is 29.5 Å². The van der Waals surface area contributed by atoms with Gasteiger partial charge in [0.2, 0.25) is 0 Å². The average Bonchev–Trinajstić information content (AvgIpc) is 2.37. The van der Waals surface area contributed by atoms with Crippen LogP contribution in [0.15, 0.2) is 5.16 Å². The molecule has 0 aliphatic rings. The molecule has 120 valence electrons. The van der Waals surface area contributed by atoms with Crippen LogP contribution in [-0.2, 0) is 9.19 Å². The minimum absolute atomic E-state index is 0.151. The van der Waals surface area contributed by atoms with E-state index >= 15 is 0 Å². The minimum Gasteiger partial charge on any atom is -0.292 e. The largest absolute Gasteiger partial charge is 0.545 e. The van der Waals surface area contributed by atoms with E-state index in [0.717, 1.165) is 24.3 Å². The molecule has 0 unspecified atom stereocenters. The van der Waals surface area contributed by atoms with Gasteiger partial charge in [-0.15, -0.1) is 10.5 Å². The summed E-state index contributed by atoms with van der Waals surface area (Å²) in [6.45, 7) is 4.35. The van der Waals surface area contributed by atoms with Crippen molar-refractivity contribution in [2.75, 3.05) is 11.5 Å². The second-order valence-electron chi connectivity index (χ2n) is 4.78. The maximum atomic E-state index is 10.6. The Kier molecular flexibility index (Phi) is 12.5. The summed E-state index contributed by atoms with van der Waals surface area (Å²) < 4.78 is 14.7. The van der Waals surface area contributed by atoms with Crippen molar-refractivity contribution in [1.29, 1.82) is 0 Å². The van der Waals surface area contributed by atoms with Gasteiger partial charge < -0.3 is 0 Å². The second kappa shape index (κ2) is 12.6. The first kappa shape index (κ1) is 19.9. The van der Waals surface area contributed by atoms with Crippen LogP contribution in [0.2, 0.25) is 0 Å². The lowest BCUT2D eigenvalue weighted by molar-refractivity contribution is 0.206. The highest BCUT2D eigenvalue weighted by molar-refractivity contribution is 8.14. The highest BCUT2D eigenvalue weighted by Gasteiger charge is 2.13. The third kappa shape index (κ3) is 14.3.